The van der Waals surface area contributed by atoms with Gasteiger partial charge in [-0.05, 0) is 47.4 Å². The monoisotopic (exact) mass is 319 g/mol. The molecule has 0 fully saturated rings. The molecule has 0 N–H and O–H groups in total. The van der Waals surface area contributed by atoms with E-state index in [-0.39, 0.29) is 0 Å². The van der Waals surface area contributed by atoms with Crippen LogP contribution in [0.15, 0.2) is 42.5 Å². The predicted octanol–water partition coefficient (Wildman–Crippen LogP) is 4.82. The van der Waals surface area contributed by atoms with Crippen molar-refractivity contribution in [1.82, 2.24) is 0 Å². The largest absolute Gasteiger partial charge is 0.192 e. The van der Waals surface area contributed by atoms with Gasteiger partial charge in [0.15, 0.2) is 0 Å². The number of alkyl halides is 1. The van der Waals surface area contributed by atoms with Crippen LogP contribution in [0.5, 0.6) is 0 Å². The van der Waals surface area contributed by atoms with E-state index in [1.54, 1.807) is 0 Å². The van der Waals surface area contributed by atoms with Crippen molar-refractivity contribution in [3.05, 3.63) is 58.6 Å². The van der Waals surface area contributed by atoms with Gasteiger partial charge in [-0.3, -0.25) is 0 Å². The Morgan fingerprint density at radius 2 is 1.78 bits per heavy atom. The van der Waals surface area contributed by atoms with E-state index < -0.39 is 0 Å². The summed E-state index contributed by atoms with van der Waals surface area (Å²) in [6.07, 6.45) is 0.948. The van der Waals surface area contributed by atoms with Gasteiger partial charge >= 0.3 is 0 Å². The average Bonchev–Trinajstić information content (AvgIpc) is 2.38. The van der Waals surface area contributed by atoms with Crippen LogP contribution >= 0.6 is 27.5 Å². The molecular weight excluding hydrogens is 310 g/mol. The molecule has 0 atom stereocenters. The molecule has 0 aliphatic carbocycles. The predicted molar refractivity (Wildman–Crippen MR) is 79.1 cm³/mol. The van der Waals surface area contributed by atoms with E-state index in [0.29, 0.717) is 5.56 Å². The quantitative estimate of drug-likeness (QED) is 0.744. The molecule has 0 spiro atoms. The van der Waals surface area contributed by atoms with Gasteiger partial charge in [0.1, 0.15) is 0 Å². The number of benzene rings is 2. The highest BCUT2D eigenvalue weighted by molar-refractivity contribution is 9.09. The van der Waals surface area contributed by atoms with Gasteiger partial charge in [0.05, 0.1) is 11.6 Å². The van der Waals surface area contributed by atoms with Crippen LogP contribution in [0.25, 0.3) is 11.1 Å². The van der Waals surface area contributed by atoms with Crippen LogP contribution in [0.1, 0.15) is 11.1 Å². The highest BCUT2D eigenvalue weighted by Gasteiger charge is 2.02. The fraction of sp³-hybridized carbons (Fsp3) is 0.133. The van der Waals surface area contributed by atoms with E-state index >= 15 is 0 Å². The molecule has 1 nitrogen and oxygen atoms in total. The first-order valence-corrected chi connectivity index (χ1v) is 7.09. The van der Waals surface area contributed by atoms with E-state index in [1.807, 2.05) is 36.4 Å². The Kier molecular flexibility index (Phi) is 4.41. The number of hydrogen-bond donors (Lipinski definition) is 0. The van der Waals surface area contributed by atoms with E-state index in [4.69, 9.17) is 16.9 Å². The van der Waals surface area contributed by atoms with Crippen molar-refractivity contribution in [3.63, 3.8) is 0 Å². The van der Waals surface area contributed by atoms with Crippen molar-refractivity contribution in [3.8, 4) is 17.2 Å². The summed E-state index contributed by atoms with van der Waals surface area (Å²) in [6.45, 7) is 0. The van der Waals surface area contributed by atoms with E-state index in [2.05, 4.69) is 28.1 Å². The maximum Gasteiger partial charge on any atom is 0.0991 e. The molecule has 0 aromatic heterocycles. The van der Waals surface area contributed by atoms with Gasteiger partial charge in [-0.15, -0.1) is 0 Å². The Bertz CT molecular complexity index is 584. The van der Waals surface area contributed by atoms with Gasteiger partial charge in [-0.1, -0.05) is 45.7 Å². The fourth-order valence-corrected chi connectivity index (χ4v) is 2.52. The number of rotatable bonds is 3. The normalized spacial score (nSPS) is 10.1. The lowest BCUT2D eigenvalue weighted by Gasteiger charge is -2.06. The second-order valence-electron chi connectivity index (χ2n) is 3.98. The fourth-order valence-electron chi connectivity index (χ4n) is 1.81. The van der Waals surface area contributed by atoms with Crippen LogP contribution in [-0.4, -0.2) is 5.33 Å². The van der Waals surface area contributed by atoms with Crippen molar-refractivity contribution in [1.29, 1.82) is 5.26 Å². The van der Waals surface area contributed by atoms with Crippen LogP contribution < -0.4 is 0 Å². The summed E-state index contributed by atoms with van der Waals surface area (Å²) in [7, 11) is 0. The molecule has 0 heterocycles. The number of hydrogen-bond acceptors (Lipinski definition) is 1. The zero-order valence-electron chi connectivity index (χ0n) is 9.66. The zero-order valence-corrected chi connectivity index (χ0v) is 12.0. The molecule has 3 heteroatoms. The van der Waals surface area contributed by atoms with Crippen molar-refractivity contribution in [2.45, 2.75) is 6.42 Å². The van der Waals surface area contributed by atoms with E-state index in [0.717, 1.165) is 27.9 Å². The minimum Gasteiger partial charge on any atom is -0.192 e. The molecule has 0 bridgehead atoms. The summed E-state index contributed by atoms with van der Waals surface area (Å²) >= 11 is 9.56. The number of aryl methyl sites for hydroxylation is 1. The third-order valence-electron chi connectivity index (χ3n) is 2.69. The van der Waals surface area contributed by atoms with Crippen LogP contribution in [0.4, 0.5) is 0 Å². The second kappa shape index (κ2) is 6.04. The summed E-state index contributed by atoms with van der Waals surface area (Å²) in [4.78, 5) is 0. The Balaban J connectivity index is 2.40. The Morgan fingerprint density at radius 1 is 1.06 bits per heavy atom. The molecule has 90 valence electrons. The van der Waals surface area contributed by atoms with Gasteiger partial charge in [0.25, 0.3) is 0 Å². The summed E-state index contributed by atoms with van der Waals surface area (Å²) < 4.78 is 0. The van der Waals surface area contributed by atoms with Gasteiger partial charge < -0.3 is 0 Å². The molecule has 0 saturated carbocycles. The first-order chi connectivity index (χ1) is 8.72. The smallest absolute Gasteiger partial charge is 0.0991 e. The van der Waals surface area contributed by atoms with Gasteiger partial charge in [0, 0.05) is 10.4 Å². The van der Waals surface area contributed by atoms with Crippen LogP contribution in [0.3, 0.4) is 0 Å². The molecule has 2 rings (SSSR count). The maximum absolute atomic E-state index is 8.78. The highest BCUT2D eigenvalue weighted by Crippen LogP contribution is 2.25. The first-order valence-electron chi connectivity index (χ1n) is 5.59. The Morgan fingerprint density at radius 3 is 2.39 bits per heavy atom. The van der Waals surface area contributed by atoms with Gasteiger partial charge in [0.2, 0.25) is 0 Å². The highest BCUT2D eigenvalue weighted by atomic mass is 79.9. The Hall–Kier alpha value is -1.30. The van der Waals surface area contributed by atoms with Crippen molar-refractivity contribution < 1.29 is 0 Å². The number of halogens is 2. The minimum absolute atomic E-state index is 0.668. The van der Waals surface area contributed by atoms with E-state index in [9.17, 15) is 0 Å². The standard InChI is InChI=1S/C15H11BrClN/c16-6-5-12-7-14(9-15(17)8-12)13-3-1-11(10-18)2-4-13/h1-4,7-9H,5-6H2. The van der Waals surface area contributed by atoms with Crippen LogP contribution in [0, 0.1) is 11.3 Å². The third kappa shape index (κ3) is 3.13. The number of nitrogens with zero attached hydrogens (tertiary/aromatic N) is 1. The maximum atomic E-state index is 8.78. The first kappa shape index (κ1) is 13.1. The second-order valence-corrected chi connectivity index (χ2v) is 5.21. The summed E-state index contributed by atoms with van der Waals surface area (Å²) in [5.74, 6) is 0. The Labute approximate surface area is 120 Å². The zero-order chi connectivity index (χ0) is 13.0. The molecule has 2 aromatic rings. The topological polar surface area (TPSA) is 23.8 Å². The molecule has 0 amide bonds. The molecule has 0 aliphatic heterocycles. The molecule has 0 aliphatic rings. The molecule has 2 aromatic carbocycles. The minimum atomic E-state index is 0.668. The molecule has 0 radical (unpaired) electrons. The summed E-state index contributed by atoms with van der Waals surface area (Å²) in [6, 6.07) is 15.7. The average molecular weight is 321 g/mol. The molecule has 0 saturated heterocycles. The SMILES string of the molecule is N#Cc1ccc(-c2cc(Cl)cc(CCBr)c2)cc1. The lowest BCUT2D eigenvalue weighted by Crippen LogP contribution is -1.88. The summed E-state index contributed by atoms with van der Waals surface area (Å²) in [5, 5.41) is 10.4. The lowest BCUT2D eigenvalue weighted by molar-refractivity contribution is 1.17. The molecule has 18 heavy (non-hydrogen) atoms. The van der Waals surface area contributed by atoms with Crippen LogP contribution in [0.2, 0.25) is 5.02 Å². The summed E-state index contributed by atoms with van der Waals surface area (Å²) in [5.41, 5.74) is 4.04. The number of nitriles is 1. The van der Waals surface area contributed by atoms with Crippen molar-refractivity contribution >= 4 is 27.5 Å². The van der Waals surface area contributed by atoms with Gasteiger partial charge in [-0.2, -0.15) is 5.26 Å². The van der Waals surface area contributed by atoms with Gasteiger partial charge in [-0.25, -0.2) is 0 Å². The van der Waals surface area contributed by atoms with Crippen molar-refractivity contribution in [2.24, 2.45) is 0 Å². The lowest BCUT2D eigenvalue weighted by atomic mass is 10.0. The third-order valence-corrected chi connectivity index (χ3v) is 3.30. The molecular formula is C15H11BrClN. The van der Waals surface area contributed by atoms with Crippen LogP contribution in [-0.2, 0) is 6.42 Å². The molecule has 0 unspecified atom stereocenters. The van der Waals surface area contributed by atoms with Crippen molar-refractivity contribution in [2.75, 3.05) is 5.33 Å². The van der Waals surface area contributed by atoms with E-state index in [1.165, 1.54) is 5.56 Å².